The Morgan fingerprint density at radius 2 is 1.85 bits per heavy atom. The van der Waals surface area contributed by atoms with E-state index < -0.39 is 12.1 Å². The van der Waals surface area contributed by atoms with Crippen LogP contribution in [0.25, 0.3) is 0 Å². The average molecular weight is 483 g/mol. The lowest BCUT2D eigenvalue weighted by molar-refractivity contribution is -0.112. The molecule has 1 unspecified atom stereocenters. The molecule has 0 fully saturated rings. The van der Waals surface area contributed by atoms with Crippen LogP contribution in [0, 0.1) is 11.6 Å². The summed E-state index contributed by atoms with van der Waals surface area (Å²) < 4.78 is 46.6. The summed E-state index contributed by atoms with van der Waals surface area (Å²) in [6, 6.07) is 18.4. The van der Waals surface area contributed by atoms with E-state index in [1.807, 2.05) is 30.3 Å². The van der Waals surface area contributed by atoms with Gasteiger partial charge in [0.25, 0.3) is 0 Å². The summed E-state index contributed by atoms with van der Waals surface area (Å²) in [5.74, 6) is 6.59. The first kappa shape index (κ1) is 22.2. The van der Waals surface area contributed by atoms with Crippen LogP contribution in [-0.4, -0.2) is 14.9 Å². The van der Waals surface area contributed by atoms with Gasteiger partial charge >= 0.3 is 0 Å². The zero-order valence-electron chi connectivity index (χ0n) is 17.9. The molecule has 0 radical (unpaired) electrons. The van der Waals surface area contributed by atoms with Crippen LogP contribution in [0.1, 0.15) is 28.8 Å². The van der Waals surface area contributed by atoms with Crippen molar-refractivity contribution in [3.63, 3.8) is 0 Å². The van der Waals surface area contributed by atoms with E-state index in [1.165, 1.54) is 40.7 Å². The predicted octanol–water partition coefficient (Wildman–Crippen LogP) is 4.75. The SMILES string of the molecule is Nn1c(COc2ccccc2F)nnc1SCc1cc(F)cc2c1OC(c1ccccc1)OC2. The molecule has 4 aromatic rings. The van der Waals surface area contributed by atoms with Gasteiger partial charge < -0.3 is 20.1 Å². The number of hydrogen-bond acceptors (Lipinski definition) is 7. The van der Waals surface area contributed by atoms with Crippen molar-refractivity contribution in [1.82, 2.24) is 14.9 Å². The van der Waals surface area contributed by atoms with Gasteiger partial charge in [0.05, 0.1) is 6.61 Å². The maximum atomic E-state index is 14.3. The second-order valence-electron chi connectivity index (χ2n) is 7.50. The van der Waals surface area contributed by atoms with Gasteiger partial charge in [0, 0.05) is 22.4 Å². The number of nitrogens with two attached hydrogens (primary N) is 1. The van der Waals surface area contributed by atoms with E-state index in [2.05, 4.69) is 10.2 Å². The first-order chi connectivity index (χ1) is 16.6. The maximum Gasteiger partial charge on any atom is 0.227 e. The van der Waals surface area contributed by atoms with Gasteiger partial charge in [-0.05, 0) is 24.3 Å². The zero-order chi connectivity index (χ0) is 23.5. The van der Waals surface area contributed by atoms with Gasteiger partial charge in [-0.3, -0.25) is 0 Å². The number of thioether (sulfide) groups is 1. The van der Waals surface area contributed by atoms with Crippen LogP contribution in [0.4, 0.5) is 8.78 Å². The van der Waals surface area contributed by atoms with Gasteiger partial charge in [-0.2, -0.15) is 0 Å². The third-order valence-electron chi connectivity index (χ3n) is 5.18. The summed E-state index contributed by atoms with van der Waals surface area (Å²) in [6.07, 6.45) is -0.580. The monoisotopic (exact) mass is 482 g/mol. The van der Waals surface area contributed by atoms with Gasteiger partial charge in [0.15, 0.2) is 17.4 Å². The minimum atomic E-state index is -0.580. The van der Waals surface area contributed by atoms with E-state index in [-0.39, 0.29) is 24.8 Å². The number of hydrogen-bond donors (Lipinski definition) is 1. The van der Waals surface area contributed by atoms with Crippen molar-refractivity contribution in [3.05, 3.63) is 101 Å². The van der Waals surface area contributed by atoms with Crippen molar-refractivity contribution >= 4 is 11.8 Å². The van der Waals surface area contributed by atoms with Crippen molar-refractivity contribution < 1.29 is 23.0 Å². The molecule has 2 heterocycles. The molecule has 1 aromatic heterocycles. The fraction of sp³-hybridized carbons (Fsp3) is 0.167. The minimum Gasteiger partial charge on any atom is -0.482 e. The first-order valence-corrected chi connectivity index (χ1v) is 11.4. The van der Waals surface area contributed by atoms with Crippen molar-refractivity contribution in [3.8, 4) is 11.5 Å². The van der Waals surface area contributed by atoms with E-state index in [4.69, 9.17) is 20.1 Å². The van der Waals surface area contributed by atoms with E-state index in [9.17, 15) is 8.78 Å². The molecule has 7 nitrogen and oxygen atoms in total. The van der Waals surface area contributed by atoms with Crippen molar-refractivity contribution in [1.29, 1.82) is 0 Å². The lowest BCUT2D eigenvalue weighted by atomic mass is 10.1. The molecule has 0 bridgehead atoms. The Hall–Kier alpha value is -3.63. The molecule has 0 saturated heterocycles. The number of fused-ring (bicyclic) bond motifs is 1. The number of benzene rings is 3. The van der Waals surface area contributed by atoms with E-state index in [0.717, 1.165) is 5.56 Å². The summed E-state index contributed by atoms with van der Waals surface area (Å²) in [5, 5.41) is 8.50. The Balaban J connectivity index is 1.30. The van der Waals surface area contributed by atoms with Crippen LogP contribution < -0.4 is 15.3 Å². The molecule has 0 saturated carbocycles. The van der Waals surface area contributed by atoms with Crippen LogP contribution in [0.15, 0.2) is 71.9 Å². The Labute approximate surface area is 198 Å². The van der Waals surface area contributed by atoms with Crippen LogP contribution in [-0.2, 0) is 23.7 Å². The molecule has 174 valence electrons. The standard InChI is InChI=1S/C24H20F2N4O3S/c25-18-10-16-12-32-23(15-6-2-1-3-7-15)33-22(16)17(11-18)14-34-24-29-28-21(30(24)27)13-31-20-9-5-4-8-19(20)26/h1-11,23H,12-14,27H2. The molecule has 2 N–H and O–H groups in total. The Kier molecular flexibility index (Phi) is 6.33. The summed E-state index contributed by atoms with van der Waals surface area (Å²) in [7, 11) is 0. The van der Waals surface area contributed by atoms with Crippen molar-refractivity contribution in [2.24, 2.45) is 0 Å². The number of nitrogen functional groups attached to an aromatic ring is 1. The fourth-order valence-electron chi connectivity index (χ4n) is 3.51. The molecule has 0 aliphatic carbocycles. The first-order valence-electron chi connectivity index (χ1n) is 10.4. The zero-order valence-corrected chi connectivity index (χ0v) is 18.7. The summed E-state index contributed by atoms with van der Waals surface area (Å²) in [5.41, 5.74) is 2.16. The van der Waals surface area contributed by atoms with Gasteiger partial charge in [-0.25, -0.2) is 13.5 Å². The largest absolute Gasteiger partial charge is 0.482 e. The normalized spacial score (nSPS) is 14.9. The molecule has 0 spiro atoms. The van der Waals surface area contributed by atoms with Crippen LogP contribution >= 0.6 is 11.8 Å². The Morgan fingerprint density at radius 1 is 1.06 bits per heavy atom. The van der Waals surface area contributed by atoms with E-state index in [1.54, 1.807) is 12.1 Å². The Bertz CT molecular complexity index is 1300. The number of rotatable bonds is 7. The topological polar surface area (TPSA) is 84.4 Å². The molecule has 1 atom stereocenters. The van der Waals surface area contributed by atoms with Crippen LogP contribution in [0.3, 0.4) is 0 Å². The Morgan fingerprint density at radius 3 is 2.68 bits per heavy atom. The number of nitrogens with zero attached hydrogens (tertiary/aromatic N) is 3. The highest BCUT2D eigenvalue weighted by molar-refractivity contribution is 7.98. The van der Waals surface area contributed by atoms with Crippen molar-refractivity contribution in [2.75, 3.05) is 5.84 Å². The minimum absolute atomic E-state index is 0.0560. The third-order valence-corrected chi connectivity index (χ3v) is 6.17. The van der Waals surface area contributed by atoms with Gasteiger partial charge in [-0.1, -0.05) is 54.2 Å². The molecule has 10 heteroatoms. The molecule has 34 heavy (non-hydrogen) atoms. The van der Waals surface area contributed by atoms with Crippen LogP contribution in [0.5, 0.6) is 11.5 Å². The summed E-state index contributed by atoms with van der Waals surface area (Å²) in [4.78, 5) is 0. The molecular weight excluding hydrogens is 462 g/mol. The number of aromatic nitrogens is 3. The molecule has 0 amide bonds. The summed E-state index contributed by atoms with van der Waals surface area (Å²) in [6.45, 7) is 0.175. The van der Waals surface area contributed by atoms with Crippen LogP contribution in [0.2, 0.25) is 0 Å². The molecule has 5 rings (SSSR count). The number of para-hydroxylation sites is 1. The molecular formula is C24H20F2N4O3S. The highest BCUT2D eigenvalue weighted by Gasteiger charge is 2.25. The van der Waals surface area contributed by atoms with Gasteiger partial charge in [0.2, 0.25) is 11.4 Å². The number of ether oxygens (including phenoxy) is 3. The molecule has 3 aromatic carbocycles. The maximum absolute atomic E-state index is 14.3. The van der Waals surface area contributed by atoms with E-state index in [0.29, 0.717) is 33.6 Å². The fourth-order valence-corrected chi connectivity index (χ4v) is 4.35. The average Bonchev–Trinajstić information content (AvgIpc) is 3.21. The van der Waals surface area contributed by atoms with E-state index >= 15 is 0 Å². The predicted molar refractivity (Wildman–Crippen MR) is 121 cm³/mol. The second kappa shape index (κ2) is 9.70. The summed E-state index contributed by atoms with van der Waals surface area (Å²) >= 11 is 1.27. The molecule has 1 aliphatic rings. The highest BCUT2D eigenvalue weighted by Crippen LogP contribution is 2.38. The number of halogens is 2. The quantitative estimate of drug-likeness (QED) is 0.301. The lowest BCUT2D eigenvalue weighted by Crippen LogP contribution is -2.19. The molecule has 1 aliphatic heterocycles. The van der Waals surface area contributed by atoms with Crippen molar-refractivity contribution in [2.45, 2.75) is 30.4 Å². The third kappa shape index (κ3) is 4.68. The van der Waals surface area contributed by atoms with Gasteiger partial charge in [0.1, 0.15) is 18.2 Å². The smallest absolute Gasteiger partial charge is 0.227 e. The highest BCUT2D eigenvalue weighted by atomic mass is 32.2. The lowest BCUT2D eigenvalue weighted by Gasteiger charge is -2.28. The van der Waals surface area contributed by atoms with Gasteiger partial charge in [-0.15, -0.1) is 10.2 Å². The second-order valence-corrected chi connectivity index (χ2v) is 8.44.